The van der Waals surface area contributed by atoms with Gasteiger partial charge in [-0.3, -0.25) is 14.6 Å². The molecule has 0 unspecified atom stereocenters. The molecule has 1 aliphatic rings. The molecule has 2 N–H and O–H groups in total. The summed E-state index contributed by atoms with van der Waals surface area (Å²) in [5, 5.41) is 11.9. The Morgan fingerprint density at radius 3 is 2.47 bits per heavy atom. The Hall–Kier alpha value is -2.17. The fourth-order valence-electron chi connectivity index (χ4n) is 2.20. The third kappa shape index (κ3) is 3.40. The maximum atomic E-state index is 12.1. The number of carbonyl (C=O) groups excluding carboxylic acids is 1. The molecule has 0 aliphatic heterocycles. The van der Waals surface area contributed by atoms with Gasteiger partial charge < -0.3 is 10.4 Å². The topological polar surface area (TPSA) is 79.3 Å². The molecule has 5 heteroatoms. The van der Waals surface area contributed by atoms with Crippen molar-refractivity contribution >= 4 is 11.9 Å². The number of nitrogens with zero attached hydrogens (tertiary/aromatic N) is 1. The van der Waals surface area contributed by atoms with Crippen LogP contribution in [0.1, 0.15) is 18.4 Å². The van der Waals surface area contributed by atoms with E-state index in [0.717, 1.165) is 5.56 Å². The van der Waals surface area contributed by atoms with Crippen LogP contribution in [0, 0.1) is 11.8 Å². The van der Waals surface area contributed by atoms with Gasteiger partial charge in [0.2, 0.25) is 5.91 Å². The Bertz CT molecular complexity index is 485. The molecule has 0 saturated carbocycles. The van der Waals surface area contributed by atoms with E-state index in [9.17, 15) is 9.59 Å². The molecule has 1 aliphatic carbocycles. The molecule has 1 aromatic heterocycles. The zero-order chi connectivity index (χ0) is 13.7. The first-order valence-corrected chi connectivity index (χ1v) is 6.23. The van der Waals surface area contributed by atoms with Gasteiger partial charge in [-0.25, -0.2) is 0 Å². The number of hydrogen-bond acceptors (Lipinski definition) is 3. The van der Waals surface area contributed by atoms with E-state index in [1.165, 1.54) is 0 Å². The van der Waals surface area contributed by atoms with Crippen LogP contribution in [-0.2, 0) is 16.1 Å². The Morgan fingerprint density at radius 2 is 1.84 bits per heavy atom. The van der Waals surface area contributed by atoms with Gasteiger partial charge in [0, 0.05) is 18.9 Å². The van der Waals surface area contributed by atoms with Gasteiger partial charge in [0.15, 0.2) is 0 Å². The van der Waals surface area contributed by atoms with E-state index in [1.807, 2.05) is 24.3 Å². The van der Waals surface area contributed by atoms with Gasteiger partial charge in [-0.05, 0) is 30.5 Å². The normalized spacial score (nSPS) is 21.9. The van der Waals surface area contributed by atoms with Crippen molar-refractivity contribution in [1.29, 1.82) is 0 Å². The highest BCUT2D eigenvalue weighted by atomic mass is 16.4. The van der Waals surface area contributed by atoms with Crippen molar-refractivity contribution in [3.63, 3.8) is 0 Å². The van der Waals surface area contributed by atoms with E-state index in [0.29, 0.717) is 19.4 Å². The summed E-state index contributed by atoms with van der Waals surface area (Å²) in [5.41, 5.74) is 0.946. The highest BCUT2D eigenvalue weighted by Crippen LogP contribution is 2.26. The maximum absolute atomic E-state index is 12.1. The van der Waals surface area contributed by atoms with E-state index in [4.69, 9.17) is 5.11 Å². The first kappa shape index (κ1) is 13.3. The van der Waals surface area contributed by atoms with Crippen molar-refractivity contribution < 1.29 is 14.7 Å². The summed E-state index contributed by atoms with van der Waals surface area (Å²) in [6.45, 7) is 0.397. The third-order valence-corrected chi connectivity index (χ3v) is 3.30. The fourth-order valence-corrected chi connectivity index (χ4v) is 2.20. The number of carboxylic acids is 1. The molecule has 19 heavy (non-hydrogen) atoms. The smallest absolute Gasteiger partial charge is 0.307 e. The van der Waals surface area contributed by atoms with E-state index >= 15 is 0 Å². The molecule has 0 bridgehead atoms. The predicted octanol–water partition coefficient (Wildman–Crippen LogP) is 1.36. The number of amides is 1. The van der Waals surface area contributed by atoms with Gasteiger partial charge in [0.05, 0.1) is 11.8 Å². The molecule has 0 spiro atoms. The van der Waals surface area contributed by atoms with Crippen molar-refractivity contribution in [2.24, 2.45) is 11.8 Å². The van der Waals surface area contributed by atoms with Crippen LogP contribution < -0.4 is 5.32 Å². The standard InChI is InChI=1S/C14H16N2O3/c17-13(16-9-10-5-7-15-8-6-10)11-3-1-2-4-12(11)14(18)19/h1-2,5-8,11-12H,3-4,9H2,(H,16,17)(H,18,19)/t11-,12+/m0/s1. The number of allylic oxidation sites excluding steroid dienone is 2. The van der Waals surface area contributed by atoms with Crippen molar-refractivity contribution in [3.05, 3.63) is 42.2 Å². The summed E-state index contributed by atoms with van der Waals surface area (Å²) >= 11 is 0. The van der Waals surface area contributed by atoms with Gasteiger partial charge in [-0.2, -0.15) is 0 Å². The number of nitrogens with one attached hydrogen (secondary N) is 1. The number of rotatable bonds is 4. The lowest BCUT2D eigenvalue weighted by Gasteiger charge is -2.24. The third-order valence-electron chi connectivity index (χ3n) is 3.30. The molecule has 1 heterocycles. The molecule has 0 aromatic carbocycles. The largest absolute Gasteiger partial charge is 0.481 e. The zero-order valence-corrected chi connectivity index (χ0v) is 10.5. The van der Waals surface area contributed by atoms with Gasteiger partial charge in [0.25, 0.3) is 0 Å². The first-order chi connectivity index (χ1) is 9.18. The van der Waals surface area contributed by atoms with E-state index in [-0.39, 0.29) is 5.91 Å². The minimum Gasteiger partial charge on any atom is -0.481 e. The van der Waals surface area contributed by atoms with E-state index in [1.54, 1.807) is 12.4 Å². The van der Waals surface area contributed by atoms with Crippen LogP contribution in [0.4, 0.5) is 0 Å². The van der Waals surface area contributed by atoms with Crippen LogP contribution in [0.5, 0.6) is 0 Å². The Balaban J connectivity index is 1.95. The quantitative estimate of drug-likeness (QED) is 0.801. The van der Waals surface area contributed by atoms with Crippen LogP contribution in [0.3, 0.4) is 0 Å². The van der Waals surface area contributed by atoms with Crippen molar-refractivity contribution in [2.45, 2.75) is 19.4 Å². The summed E-state index contributed by atoms with van der Waals surface area (Å²) in [5.74, 6) is -2.21. The maximum Gasteiger partial charge on any atom is 0.307 e. The molecule has 100 valence electrons. The van der Waals surface area contributed by atoms with Crippen LogP contribution in [0.25, 0.3) is 0 Å². The minimum atomic E-state index is -0.909. The second-order valence-electron chi connectivity index (χ2n) is 4.57. The molecular weight excluding hydrogens is 244 g/mol. The second kappa shape index (κ2) is 6.13. The number of aliphatic carboxylic acids is 1. The van der Waals surface area contributed by atoms with Crippen LogP contribution in [0.15, 0.2) is 36.7 Å². The fraction of sp³-hybridized carbons (Fsp3) is 0.357. The number of aromatic nitrogens is 1. The highest BCUT2D eigenvalue weighted by Gasteiger charge is 2.33. The van der Waals surface area contributed by atoms with Crippen LogP contribution >= 0.6 is 0 Å². The van der Waals surface area contributed by atoms with Crippen LogP contribution in [-0.4, -0.2) is 22.0 Å². The summed E-state index contributed by atoms with van der Waals surface area (Å²) in [4.78, 5) is 27.1. The average molecular weight is 260 g/mol. The number of pyridine rings is 1. The zero-order valence-electron chi connectivity index (χ0n) is 10.5. The molecule has 1 aromatic rings. The van der Waals surface area contributed by atoms with Gasteiger partial charge in [0.1, 0.15) is 0 Å². The molecule has 2 atom stereocenters. The number of carboxylic acid groups (broad SMARTS) is 1. The monoisotopic (exact) mass is 260 g/mol. The summed E-state index contributed by atoms with van der Waals surface area (Å²) in [6, 6.07) is 3.63. The lowest BCUT2D eigenvalue weighted by molar-refractivity contribution is -0.147. The Labute approximate surface area is 111 Å². The summed E-state index contributed by atoms with van der Waals surface area (Å²) < 4.78 is 0. The molecule has 0 saturated heterocycles. The van der Waals surface area contributed by atoms with Gasteiger partial charge in [-0.1, -0.05) is 12.2 Å². The highest BCUT2D eigenvalue weighted by molar-refractivity contribution is 5.85. The molecule has 0 radical (unpaired) electrons. The lowest BCUT2D eigenvalue weighted by Crippen LogP contribution is -2.38. The minimum absolute atomic E-state index is 0.200. The van der Waals surface area contributed by atoms with E-state index < -0.39 is 17.8 Å². The first-order valence-electron chi connectivity index (χ1n) is 6.23. The molecule has 5 nitrogen and oxygen atoms in total. The molecule has 0 fully saturated rings. The second-order valence-corrected chi connectivity index (χ2v) is 4.57. The molecular formula is C14H16N2O3. The molecule has 1 amide bonds. The average Bonchev–Trinajstić information content (AvgIpc) is 2.46. The van der Waals surface area contributed by atoms with E-state index in [2.05, 4.69) is 10.3 Å². The Kier molecular flexibility index (Phi) is 4.28. The summed E-state index contributed by atoms with van der Waals surface area (Å²) in [6.07, 6.45) is 7.92. The predicted molar refractivity (Wildman–Crippen MR) is 69.1 cm³/mol. The van der Waals surface area contributed by atoms with Crippen molar-refractivity contribution in [1.82, 2.24) is 10.3 Å². The van der Waals surface area contributed by atoms with Crippen molar-refractivity contribution in [2.75, 3.05) is 0 Å². The van der Waals surface area contributed by atoms with Crippen LogP contribution in [0.2, 0.25) is 0 Å². The molecule has 2 rings (SSSR count). The number of carbonyl (C=O) groups is 2. The van der Waals surface area contributed by atoms with Crippen molar-refractivity contribution in [3.8, 4) is 0 Å². The SMILES string of the molecule is O=C(NCc1ccncc1)[C@H]1CC=CC[C@H]1C(=O)O. The summed E-state index contributed by atoms with van der Waals surface area (Å²) in [7, 11) is 0. The lowest BCUT2D eigenvalue weighted by atomic mass is 9.82. The Morgan fingerprint density at radius 1 is 1.21 bits per heavy atom. The van der Waals surface area contributed by atoms with Gasteiger partial charge >= 0.3 is 5.97 Å². The number of hydrogen-bond donors (Lipinski definition) is 2. The van der Waals surface area contributed by atoms with Gasteiger partial charge in [-0.15, -0.1) is 0 Å².